The van der Waals surface area contributed by atoms with Gasteiger partial charge < -0.3 is 10.3 Å². The van der Waals surface area contributed by atoms with E-state index in [1.807, 2.05) is 6.20 Å². The molecule has 2 N–H and O–H groups in total. The number of H-pyrrole nitrogens is 1. The molecule has 2 heterocycles. The maximum atomic E-state index is 3.54. The first kappa shape index (κ1) is 13.4. The summed E-state index contributed by atoms with van der Waals surface area (Å²) < 4.78 is 1.10. The first-order valence-electron chi connectivity index (χ1n) is 7.30. The van der Waals surface area contributed by atoms with Gasteiger partial charge in [0, 0.05) is 39.1 Å². The number of halogens is 1. The Labute approximate surface area is 137 Å². The summed E-state index contributed by atoms with van der Waals surface area (Å²) in [6.45, 7) is 0. The Kier molecular flexibility index (Phi) is 3.35. The van der Waals surface area contributed by atoms with Crippen molar-refractivity contribution in [1.29, 1.82) is 0 Å². The van der Waals surface area contributed by atoms with Crippen molar-refractivity contribution in [1.82, 2.24) is 10.3 Å². The van der Waals surface area contributed by atoms with Crippen LogP contribution in [0.25, 0.3) is 16.3 Å². The Morgan fingerprint density at radius 2 is 1.91 bits per heavy atom. The van der Waals surface area contributed by atoms with Gasteiger partial charge in [0.05, 0.1) is 5.69 Å². The fourth-order valence-corrected chi connectivity index (χ4v) is 3.34. The monoisotopic (exact) mass is 350 g/mol. The third-order valence-electron chi connectivity index (χ3n) is 3.97. The molecule has 22 heavy (non-hydrogen) atoms. The van der Waals surface area contributed by atoms with Crippen LogP contribution in [0, 0.1) is 0 Å². The molecule has 4 rings (SSSR count). The van der Waals surface area contributed by atoms with Crippen LogP contribution in [0.5, 0.6) is 0 Å². The largest absolute Gasteiger partial charge is 0.364 e. The summed E-state index contributed by atoms with van der Waals surface area (Å²) >= 11 is 3.54. The van der Waals surface area contributed by atoms with E-state index >= 15 is 0 Å². The van der Waals surface area contributed by atoms with E-state index in [2.05, 4.69) is 87.0 Å². The van der Waals surface area contributed by atoms with Crippen LogP contribution in [0.3, 0.4) is 0 Å². The van der Waals surface area contributed by atoms with Crippen LogP contribution < -0.4 is 5.32 Å². The first-order valence-corrected chi connectivity index (χ1v) is 8.09. The summed E-state index contributed by atoms with van der Waals surface area (Å²) in [4.78, 5) is 3.47. The van der Waals surface area contributed by atoms with E-state index in [9.17, 15) is 0 Å². The Hall–Kier alpha value is -2.26. The fourth-order valence-electron chi connectivity index (χ4n) is 2.96. The van der Waals surface area contributed by atoms with Crippen molar-refractivity contribution in [3.8, 4) is 0 Å². The van der Waals surface area contributed by atoms with Crippen LogP contribution in [0.4, 0.5) is 0 Å². The molecular weight excluding hydrogens is 336 g/mol. The molecule has 0 fully saturated rings. The van der Waals surface area contributed by atoms with Crippen LogP contribution >= 0.6 is 15.9 Å². The molecule has 0 saturated heterocycles. The minimum absolute atomic E-state index is 0.932. The van der Waals surface area contributed by atoms with Crippen LogP contribution in [-0.4, -0.2) is 4.98 Å². The van der Waals surface area contributed by atoms with E-state index in [0.717, 1.165) is 10.9 Å². The molecule has 2 aromatic carbocycles. The van der Waals surface area contributed by atoms with Gasteiger partial charge in [-0.3, -0.25) is 0 Å². The Balaban J connectivity index is 1.96. The third-order valence-corrected chi connectivity index (χ3v) is 4.46. The molecule has 0 saturated carbocycles. The van der Waals surface area contributed by atoms with Crippen molar-refractivity contribution in [2.45, 2.75) is 6.42 Å². The molecule has 0 atom stereocenters. The minimum atomic E-state index is 0.932. The maximum absolute atomic E-state index is 3.54. The van der Waals surface area contributed by atoms with Crippen molar-refractivity contribution in [3.63, 3.8) is 0 Å². The lowest BCUT2D eigenvalue weighted by Gasteiger charge is -2.12. The van der Waals surface area contributed by atoms with Crippen LogP contribution in [0.15, 0.2) is 77.2 Å². The third kappa shape index (κ3) is 2.28. The SMILES string of the molecule is Brc1ccc2c(C(=C3CC=CN3)c3ccccc3)[nH]cc2c1. The highest BCUT2D eigenvalue weighted by molar-refractivity contribution is 9.10. The van der Waals surface area contributed by atoms with Crippen molar-refractivity contribution in [2.24, 2.45) is 0 Å². The minimum Gasteiger partial charge on any atom is -0.364 e. The van der Waals surface area contributed by atoms with E-state index in [4.69, 9.17) is 0 Å². The highest BCUT2D eigenvalue weighted by Gasteiger charge is 2.16. The van der Waals surface area contributed by atoms with Crippen molar-refractivity contribution >= 4 is 32.3 Å². The molecule has 1 aromatic heterocycles. The zero-order valence-electron chi connectivity index (χ0n) is 11.9. The first-order chi connectivity index (χ1) is 10.8. The number of hydrogen-bond donors (Lipinski definition) is 2. The molecule has 1 aliphatic heterocycles. The van der Waals surface area contributed by atoms with E-state index in [1.54, 1.807) is 0 Å². The number of allylic oxidation sites excluding steroid dienone is 1. The molecule has 0 radical (unpaired) electrons. The van der Waals surface area contributed by atoms with Gasteiger partial charge in [-0.15, -0.1) is 0 Å². The Morgan fingerprint density at radius 3 is 2.68 bits per heavy atom. The molecule has 0 aliphatic carbocycles. The molecule has 0 spiro atoms. The average Bonchev–Trinajstić information content (AvgIpc) is 3.19. The van der Waals surface area contributed by atoms with Gasteiger partial charge in [0.2, 0.25) is 0 Å². The number of hydrogen-bond acceptors (Lipinski definition) is 1. The van der Waals surface area contributed by atoms with Gasteiger partial charge in [-0.1, -0.05) is 58.4 Å². The number of nitrogens with one attached hydrogen (secondary N) is 2. The predicted molar refractivity (Wildman–Crippen MR) is 95.4 cm³/mol. The molecule has 0 amide bonds. The molecule has 1 aliphatic rings. The fraction of sp³-hybridized carbons (Fsp3) is 0.0526. The molecule has 2 nitrogen and oxygen atoms in total. The average molecular weight is 351 g/mol. The summed E-state index contributed by atoms with van der Waals surface area (Å²) in [7, 11) is 0. The quantitative estimate of drug-likeness (QED) is 0.653. The summed E-state index contributed by atoms with van der Waals surface area (Å²) in [6, 6.07) is 16.9. The van der Waals surface area contributed by atoms with Gasteiger partial charge in [0.1, 0.15) is 0 Å². The highest BCUT2D eigenvalue weighted by Crippen LogP contribution is 2.34. The summed E-state index contributed by atoms with van der Waals surface area (Å²) in [5.74, 6) is 0. The number of aromatic amines is 1. The lowest BCUT2D eigenvalue weighted by Crippen LogP contribution is -2.04. The predicted octanol–water partition coefficient (Wildman–Crippen LogP) is 5.20. The molecule has 0 bridgehead atoms. The number of fused-ring (bicyclic) bond motifs is 1. The Bertz CT molecular complexity index is 878. The zero-order valence-corrected chi connectivity index (χ0v) is 13.5. The number of aromatic nitrogens is 1. The van der Waals surface area contributed by atoms with Gasteiger partial charge in [0.25, 0.3) is 0 Å². The summed E-state index contributed by atoms with van der Waals surface area (Å²) in [5, 5.41) is 5.84. The molecule has 3 aromatic rings. The molecule has 108 valence electrons. The standard InChI is InChI=1S/C19H15BrN2/c20-15-8-9-16-14(11-15)12-22-19(16)18(17-7-4-10-21-17)13-5-2-1-3-6-13/h1-6,8-12,21-22H,7H2. The second-order valence-electron chi connectivity index (χ2n) is 5.37. The van der Waals surface area contributed by atoms with E-state index < -0.39 is 0 Å². The smallest absolute Gasteiger partial charge is 0.0557 e. The van der Waals surface area contributed by atoms with Crippen molar-refractivity contribution in [2.75, 3.05) is 0 Å². The molecule has 3 heteroatoms. The van der Waals surface area contributed by atoms with E-state index in [1.165, 1.54) is 33.3 Å². The second-order valence-corrected chi connectivity index (χ2v) is 6.28. The van der Waals surface area contributed by atoms with E-state index in [-0.39, 0.29) is 0 Å². The molecule has 0 unspecified atom stereocenters. The molecular formula is C19H15BrN2. The zero-order chi connectivity index (χ0) is 14.9. The summed E-state index contributed by atoms with van der Waals surface area (Å²) in [5.41, 5.74) is 4.86. The van der Waals surface area contributed by atoms with Gasteiger partial charge in [0.15, 0.2) is 0 Å². The lowest BCUT2D eigenvalue weighted by molar-refractivity contribution is 1.07. The van der Waals surface area contributed by atoms with Crippen molar-refractivity contribution in [3.05, 3.63) is 88.4 Å². The van der Waals surface area contributed by atoms with Crippen molar-refractivity contribution < 1.29 is 0 Å². The van der Waals surface area contributed by atoms with Gasteiger partial charge >= 0.3 is 0 Å². The summed E-state index contributed by atoms with van der Waals surface area (Å²) in [6.07, 6.45) is 7.17. The van der Waals surface area contributed by atoms with E-state index in [0.29, 0.717) is 0 Å². The maximum Gasteiger partial charge on any atom is 0.0557 e. The number of rotatable bonds is 2. The van der Waals surface area contributed by atoms with Crippen LogP contribution in [0.1, 0.15) is 17.7 Å². The number of benzene rings is 2. The van der Waals surface area contributed by atoms with Gasteiger partial charge in [-0.25, -0.2) is 0 Å². The van der Waals surface area contributed by atoms with Crippen LogP contribution in [-0.2, 0) is 0 Å². The highest BCUT2D eigenvalue weighted by atomic mass is 79.9. The topological polar surface area (TPSA) is 27.8 Å². The van der Waals surface area contributed by atoms with Gasteiger partial charge in [-0.05, 0) is 23.9 Å². The lowest BCUT2D eigenvalue weighted by atomic mass is 9.97. The Morgan fingerprint density at radius 1 is 1.05 bits per heavy atom. The van der Waals surface area contributed by atoms with Gasteiger partial charge in [-0.2, -0.15) is 0 Å². The second kappa shape index (κ2) is 5.50. The normalized spacial score (nSPS) is 16.0. The van der Waals surface area contributed by atoms with Crippen LogP contribution in [0.2, 0.25) is 0 Å².